The third-order valence-corrected chi connectivity index (χ3v) is 2.09. The monoisotopic (exact) mass is 244 g/mol. The van der Waals surface area contributed by atoms with Crippen LogP contribution in [0.3, 0.4) is 0 Å². The van der Waals surface area contributed by atoms with E-state index in [0.717, 1.165) is 6.42 Å². The van der Waals surface area contributed by atoms with Crippen LogP contribution in [0, 0.1) is 0 Å². The van der Waals surface area contributed by atoms with Crippen molar-refractivity contribution in [2.24, 2.45) is 0 Å². The lowest BCUT2D eigenvalue weighted by Crippen LogP contribution is -2.17. The molecule has 0 bridgehead atoms. The van der Waals surface area contributed by atoms with Gasteiger partial charge in [0, 0.05) is 6.04 Å². The Kier molecular flexibility index (Phi) is 4.73. The summed E-state index contributed by atoms with van der Waals surface area (Å²) in [6.07, 6.45) is 0.985. The number of halogens is 1. The van der Waals surface area contributed by atoms with Crippen LogP contribution in [0.15, 0.2) is 0 Å². The lowest BCUT2D eigenvalue weighted by molar-refractivity contribution is 0.222. The van der Waals surface area contributed by atoms with Gasteiger partial charge in [-0.3, -0.25) is 0 Å². The summed E-state index contributed by atoms with van der Waals surface area (Å²) in [5.74, 6) is 0.449. The fourth-order valence-electron chi connectivity index (χ4n) is 0.982. The van der Waals surface area contributed by atoms with Gasteiger partial charge in [0.1, 0.15) is 0 Å². The fourth-order valence-corrected chi connectivity index (χ4v) is 1.13. The van der Waals surface area contributed by atoms with Crippen molar-refractivity contribution >= 4 is 17.5 Å². The predicted molar refractivity (Wildman–Crippen MR) is 64.0 cm³/mol. The molecule has 0 saturated heterocycles. The number of anilines is 1. The molecule has 1 unspecified atom stereocenters. The number of hydrogen-bond donors (Lipinski definition) is 1. The summed E-state index contributed by atoms with van der Waals surface area (Å²) in [4.78, 5) is 12.0. The molecule has 1 rings (SSSR count). The van der Waals surface area contributed by atoms with Gasteiger partial charge in [-0.25, -0.2) is 0 Å². The molecule has 0 aliphatic rings. The smallest absolute Gasteiger partial charge is 0.322 e. The molecule has 1 N–H and O–H groups in total. The van der Waals surface area contributed by atoms with Gasteiger partial charge in [0.2, 0.25) is 11.2 Å². The van der Waals surface area contributed by atoms with Crippen molar-refractivity contribution in [1.82, 2.24) is 15.0 Å². The van der Waals surface area contributed by atoms with Crippen LogP contribution >= 0.6 is 11.6 Å². The summed E-state index contributed by atoms with van der Waals surface area (Å²) in [5.41, 5.74) is 0. The average molecular weight is 245 g/mol. The quantitative estimate of drug-likeness (QED) is 0.863. The summed E-state index contributed by atoms with van der Waals surface area (Å²) in [5, 5.41) is 3.25. The van der Waals surface area contributed by atoms with Crippen LogP contribution in [0.4, 0.5) is 5.95 Å². The molecule has 1 aromatic heterocycles. The zero-order chi connectivity index (χ0) is 12.1. The lowest BCUT2D eigenvalue weighted by atomic mass is 10.3. The Balaban J connectivity index is 2.81. The van der Waals surface area contributed by atoms with Gasteiger partial charge in [-0.15, -0.1) is 0 Å². The highest BCUT2D eigenvalue weighted by Crippen LogP contribution is 2.13. The molecule has 5 nitrogen and oxygen atoms in total. The maximum Gasteiger partial charge on any atom is 0.322 e. The highest BCUT2D eigenvalue weighted by Gasteiger charge is 2.09. The van der Waals surface area contributed by atoms with E-state index < -0.39 is 0 Å². The lowest BCUT2D eigenvalue weighted by Gasteiger charge is -2.12. The van der Waals surface area contributed by atoms with Gasteiger partial charge in [0.25, 0.3) is 0 Å². The molecule has 0 amide bonds. The molecular weight excluding hydrogens is 228 g/mol. The zero-order valence-corrected chi connectivity index (χ0v) is 10.7. The van der Waals surface area contributed by atoms with Gasteiger partial charge in [0.15, 0.2) is 0 Å². The van der Waals surface area contributed by atoms with Crippen molar-refractivity contribution in [3.63, 3.8) is 0 Å². The first-order valence-corrected chi connectivity index (χ1v) is 5.73. The van der Waals surface area contributed by atoms with E-state index in [9.17, 15) is 0 Å². The molecule has 0 fully saturated rings. The Hall–Kier alpha value is -1.10. The molecule has 1 atom stereocenters. The molecule has 1 aromatic rings. The number of aromatic nitrogens is 3. The first-order valence-electron chi connectivity index (χ1n) is 5.36. The molecule has 16 heavy (non-hydrogen) atoms. The van der Waals surface area contributed by atoms with E-state index in [1.807, 2.05) is 20.8 Å². The van der Waals surface area contributed by atoms with Crippen molar-refractivity contribution in [3.8, 4) is 6.01 Å². The Morgan fingerprint density at radius 1 is 1.25 bits per heavy atom. The van der Waals surface area contributed by atoms with Crippen molar-refractivity contribution in [3.05, 3.63) is 5.28 Å². The zero-order valence-electron chi connectivity index (χ0n) is 9.99. The third kappa shape index (κ3) is 4.18. The molecule has 0 radical (unpaired) electrons. The molecule has 90 valence electrons. The summed E-state index contributed by atoms with van der Waals surface area (Å²) in [7, 11) is 0. The SMILES string of the molecule is CCC(C)Nc1nc(Cl)nc(OC(C)C)n1. The Morgan fingerprint density at radius 2 is 1.94 bits per heavy atom. The standard InChI is InChI=1S/C10H17ClN4O/c1-5-7(4)12-9-13-8(11)14-10(15-9)16-6(2)3/h6-7H,5H2,1-4H3,(H,12,13,14,15). The van der Waals surface area contributed by atoms with Crippen LogP contribution < -0.4 is 10.1 Å². The van der Waals surface area contributed by atoms with Crippen LogP contribution in [0.5, 0.6) is 6.01 Å². The van der Waals surface area contributed by atoms with Gasteiger partial charge in [-0.05, 0) is 38.8 Å². The largest absolute Gasteiger partial charge is 0.461 e. The molecule has 1 heterocycles. The van der Waals surface area contributed by atoms with Gasteiger partial charge >= 0.3 is 6.01 Å². The van der Waals surface area contributed by atoms with Crippen molar-refractivity contribution in [1.29, 1.82) is 0 Å². The highest BCUT2D eigenvalue weighted by atomic mass is 35.5. The van der Waals surface area contributed by atoms with Crippen molar-refractivity contribution < 1.29 is 4.74 Å². The third-order valence-electron chi connectivity index (χ3n) is 1.92. The van der Waals surface area contributed by atoms with E-state index in [2.05, 4.69) is 27.2 Å². The summed E-state index contributed by atoms with van der Waals surface area (Å²) in [6, 6.07) is 0.533. The maximum atomic E-state index is 5.78. The first kappa shape index (κ1) is 13.0. The van der Waals surface area contributed by atoms with Gasteiger partial charge < -0.3 is 10.1 Å². The first-order chi connectivity index (χ1) is 7.51. The van der Waals surface area contributed by atoms with E-state index in [-0.39, 0.29) is 23.4 Å². The van der Waals surface area contributed by atoms with Crippen LogP contribution in [-0.2, 0) is 0 Å². The highest BCUT2D eigenvalue weighted by molar-refractivity contribution is 6.28. The van der Waals surface area contributed by atoms with Crippen molar-refractivity contribution in [2.45, 2.75) is 46.3 Å². The van der Waals surface area contributed by atoms with Gasteiger partial charge in [0.05, 0.1) is 6.10 Å². The van der Waals surface area contributed by atoms with Crippen LogP contribution in [-0.4, -0.2) is 27.1 Å². The summed E-state index contributed by atoms with van der Waals surface area (Å²) < 4.78 is 5.36. The number of rotatable bonds is 5. The molecule has 0 aliphatic heterocycles. The van der Waals surface area contributed by atoms with E-state index in [0.29, 0.717) is 5.95 Å². The van der Waals surface area contributed by atoms with E-state index in [4.69, 9.17) is 16.3 Å². The minimum atomic E-state index is 0.00918. The molecular formula is C10H17ClN4O. The van der Waals surface area contributed by atoms with Crippen LogP contribution in [0.1, 0.15) is 34.1 Å². The summed E-state index contributed by atoms with van der Waals surface area (Å²) >= 11 is 5.78. The number of nitrogens with zero attached hydrogens (tertiary/aromatic N) is 3. The minimum absolute atomic E-state index is 0.00918. The second-order valence-corrected chi connectivity index (χ2v) is 4.17. The topological polar surface area (TPSA) is 59.9 Å². The Bertz CT molecular complexity index is 346. The number of ether oxygens (including phenoxy) is 1. The summed E-state index contributed by atoms with van der Waals surface area (Å²) in [6.45, 7) is 7.92. The molecule has 0 spiro atoms. The molecule has 0 aromatic carbocycles. The van der Waals surface area contributed by atoms with Crippen LogP contribution in [0.2, 0.25) is 5.28 Å². The fraction of sp³-hybridized carbons (Fsp3) is 0.700. The second-order valence-electron chi connectivity index (χ2n) is 3.83. The normalized spacial score (nSPS) is 12.6. The number of nitrogens with one attached hydrogen (secondary N) is 1. The maximum absolute atomic E-state index is 5.78. The minimum Gasteiger partial charge on any atom is -0.461 e. The Morgan fingerprint density at radius 3 is 2.50 bits per heavy atom. The van der Waals surface area contributed by atoms with Gasteiger partial charge in [-0.2, -0.15) is 15.0 Å². The van der Waals surface area contributed by atoms with E-state index in [1.165, 1.54) is 0 Å². The van der Waals surface area contributed by atoms with Gasteiger partial charge in [-0.1, -0.05) is 6.92 Å². The predicted octanol–water partition coefficient (Wildman–Crippen LogP) is 2.52. The molecule has 6 heteroatoms. The molecule has 0 saturated carbocycles. The second kappa shape index (κ2) is 5.84. The van der Waals surface area contributed by atoms with E-state index in [1.54, 1.807) is 0 Å². The van der Waals surface area contributed by atoms with E-state index >= 15 is 0 Å². The van der Waals surface area contributed by atoms with Crippen molar-refractivity contribution in [2.75, 3.05) is 5.32 Å². The average Bonchev–Trinajstić information content (AvgIpc) is 2.15. The van der Waals surface area contributed by atoms with Crippen LogP contribution in [0.25, 0.3) is 0 Å². The molecule has 0 aliphatic carbocycles. The number of hydrogen-bond acceptors (Lipinski definition) is 5. The Labute approximate surface area is 101 Å².